The number of carbonyl (C=O) groups is 1. The highest BCUT2D eigenvalue weighted by Gasteiger charge is 2.22. The molecular formula is C19H24N4O2. The lowest BCUT2D eigenvalue weighted by molar-refractivity contribution is -0.133. The number of benzene rings is 1. The van der Waals surface area contributed by atoms with Gasteiger partial charge < -0.3 is 14.5 Å². The van der Waals surface area contributed by atoms with Gasteiger partial charge in [0.25, 0.3) is 5.91 Å². The third kappa shape index (κ3) is 4.47. The van der Waals surface area contributed by atoms with E-state index in [9.17, 15) is 4.79 Å². The zero-order valence-electron chi connectivity index (χ0n) is 15.0. The van der Waals surface area contributed by atoms with Gasteiger partial charge in [0.15, 0.2) is 6.61 Å². The van der Waals surface area contributed by atoms with Gasteiger partial charge in [-0.25, -0.2) is 9.97 Å². The molecule has 132 valence electrons. The van der Waals surface area contributed by atoms with Crippen LogP contribution in [0.5, 0.6) is 5.75 Å². The van der Waals surface area contributed by atoms with Crippen LogP contribution in [-0.4, -0.2) is 53.6 Å². The molecule has 0 bridgehead atoms. The van der Waals surface area contributed by atoms with E-state index in [2.05, 4.69) is 20.9 Å². The molecular weight excluding hydrogens is 316 g/mol. The topological polar surface area (TPSA) is 58.6 Å². The summed E-state index contributed by atoms with van der Waals surface area (Å²) < 4.78 is 5.68. The van der Waals surface area contributed by atoms with Crippen molar-refractivity contribution in [2.75, 3.05) is 37.7 Å². The summed E-state index contributed by atoms with van der Waals surface area (Å²) in [5.41, 5.74) is 3.31. The first-order valence-corrected chi connectivity index (χ1v) is 8.54. The van der Waals surface area contributed by atoms with Gasteiger partial charge in [0.1, 0.15) is 5.75 Å². The summed E-state index contributed by atoms with van der Waals surface area (Å²) in [5.74, 6) is 1.49. The second kappa shape index (κ2) is 7.51. The Bertz CT molecular complexity index is 717. The molecule has 1 aliphatic heterocycles. The van der Waals surface area contributed by atoms with Crippen LogP contribution in [0.4, 0.5) is 5.95 Å². The van der Waals surface area contributed by atoms with E-state index in [-0.39, 0.29) is 12.5 Å². The van der Waals surface area contributed by atoms with Gasteiger partial charge in [-0.2, -0.15) is 0 Å². The van der Waals surface area contributed by atoms with E-state index >= 15 is 0 Å². The number of nitrogens with zero attached hydrogens (tertiary/aromatic N) is 4. The fraction of sp³-hybridized carbons (Fsp3) is 0.421. The molecule has 1 aliphatic rings. The summed E-state index contributed by atoms with van der Waals surface area (Å²) in [4.78, 5) is 25.0. The molecule has 1 aromatic heterocycles. The predicted molar refractivity (Wildman–Crippen MR) is 97.0 cm³/mol. The molecule has 1 aromatic carbocycles. The normalized spacial score (nSPS) is 14.5. The Morgan fingerprint density at radius 1 is 0.960 bits per heavy atom. The van der Waals surface area contributed by atoms with Crippen molar-refractivity contribution in [2.24, 2.45) is 0 Å². The molecule has 3 rings (SSSR count). The third-order valence-corrected chi connectivity index (χ3v) is 4.24. The maximum Gasteiger partial charge on any atom is 0.260 e. The Hall–Kier alpha value is -2.63. The minimum absolute atomic E-state index is 0.0173. The van der Waals surface area contributed by atoms with Gasteiger partial charge in [-0.15, -0.1) is 0 Å². The maximum atomic E-state index is 12.4. The summed E-state index contributed by atoms with van der Waals surface area (Å²) in [7, 11) is 0. The van der Waals surface area contributed by atoms with Crippen LogP contribution in [0, 0.1) is 20.8 Å². The average molecular weight is 340 g/mol. The monoisotopic (exact) mass is 340 g/mol. The number of hydrogen-bond acceptors (Lipinski definition) is 5. The Morgan fingerprint density at radius 3 is 2.16 bits per heavy atom. The summed E-state index contributed by atoms with van der Waals surface area (Å²) in [5, 5.41) is 0. The molecule has 25 heavy (non-hydrogen) atoms. The number of aromatic nitrogens is 2. The van der Waals surface area contributed by atoms with Crippen molar-refractivity contribution in [3.05, 3.63) is 47.3 Å². The van der Waals surface area contributed by atoms with Crippen LogP contribution in [0.15, 0.2) is 30.6 Å². The second-order valence-corrected chi connectivity index (χ2v) is 6.54. The Labute approximate surface area is 148 Å². The minimum atomic E-state index is 0.0173. The first-order valence-electron chi connectivity index (χ1n) is 8.54. The van der Waals surface area contributed by atoms with Crippen molar-refractivity contribution < 1.29 is 9.53 Å². The van der Waals surface area contributed by atoms with E-state index in [1.165, 1.54) is 0 Å². The number of ether oxygens (including phenoxy) is 1. The quantitative estimate of drug-likeness (QED) is 0.853. The molecule has 1 fully saturated rings. The predicted octanol–water partition coefficient (Wildman–Crippen LogP) is 2.13. The van der Waals surface area contributed by atoms with Crippen LogP contribution in [-0.2, 0) is 4.79 Å². The molecule has 0 atom stereocenters. The second-order valence-electron chi connectivity index (χ2n) is 6.54. The van der Waals surface area contributed by atoms with Crippen molar-refractivity contribution in [3.8, 4) is 5.75 Å². The number of anilines is 1. The number of hydrogen-bond donors (Lipinski definition) is 0. The van der Waals surface area contributed by atoms with Gasteiger partial charge >= 0.3 is 0 Å². The molecule has 6 heteroatoms. The van der Waals surface area contributed by atoms with Crippen LogP contribution in [0.1, 0.15) is 16.7 Å². The molecule has 0 spiro atoms. The Morgan fingerprint density at radius 2 is 1.56 bits per heavy atom. The molecule has 0 aliphatic carbocycles. The lowest BCUT2D eigenvalue weighted by Gasteiger charge is -2.34. The molecule has 1 amide bonds. The highest BCUT2D eigenvalue weighted by atomic mass is 16.5. The standard InChI is InChI=1S/C19H24N4O2/c1-14-8-15(2)10-17(9-14)25-13-18(24)22-4-6-23(7-5-22)19-20-11-16(3)12-21-19/h8-12H,4-7,13H2,1-3H3. The number of rotatable bonds is 4. The minimum Gasteiger partial charge on any atom is -0.484 e. The lowest BCUT2D eigenvalue weighted by atomic mass is 10.1. The highest BCUT2D eigenvalue weighted by molar-refractivity contribution is 5.78. The summed E-state index contributed by atoms with van der Waals surface area (Å²) in [6.07, 6.45) is 3.63. The van der Waals surface area contributed by atoms with E-state index in [0.29, 0.717) is 13.1 Å². The van der Waals surface area contributed by atoms with Gasteiger partial charge in [0.05, 0.1) is 0 Å². The van der Waals surface area contributed by atoms with E-state index in [0.717, 1.165) is 41.5 Å². The van der Waals surface area contributed by atoms with Gasteiger partial charge in [-0.3, -0.25) is 4.79 Å². The van der Waals surface area contributed by atoms with E-state index < -0.39 is 0 Å². The molecule has 2 heterocycles. The van der Waals surface area contributed by atoms with Gasteiger partial charge in [0.2, 0.25) is 5.95 Å². The van der Waals surface area contributed by atoms with Gasteiger partial charge in [0, 0.05) is 38.6 Å². The zero-order valence-corrected chi connectivity index (χ0v) is 15.0. The summed E-state index contributed by atoms with van der Waals surface area (Å²) in [6, 6.07) is 5.99. The van der Waals surface area contributed by atoms with Crippen LogP contribution >= 0.6 is 0 Å². The molecule has 0 N–H and O–H groups in total. The first kappa shape index (κ1) is 17.2. The van der Waals surface area contributed by atoms with E-state index in [1.807, 2.05) is 50.2 Å². The van der Waals surface area contributed by atoms with Crippen molar-refractivity contribution in [3.63, 3.8) is 0 Å². The average Bonchev–Trinajstić information content (AvgIpc) is 2.60. The van der Waals surface area contributed by atoms with Crippen molar-refractivity contribution >= 4 is 11.9 Å². The van der Waals surface area contributed by atoms with Crippen LogP contribution < -0.4 is 9.64 Å². The molecule has 0 saturated carbocycles. The number of aryl methyl sites for hydroxylation is 3. The fourth-order valence-corrected chi connectivity index (χ4v) is 2.96. The zero-order chi connectivity index (χ0) is 17.8. The van der Waals surface area contributed by atoms with Crippen LogP contribution in [0.25, 0.3) is 0 Å². The third-order valence-electron chi connectivity index (χ3n) is 4.24. The summed E-state index contributed by atoms with van der Waals surface area (Å²) >= 11 is 0. The fourth-order valence-electron chi connectivity index (χ4n) is 2.96. The van der Waals surface area contributed by atoms with Crippen LogP contribution in [0.2, 0.25) is 0 Å². The Kier molecular flexibility index (Phi) is 5.16. The molecule has 6 nitrogen and oxygen atoms in total. The lowest BCUT2D eigenvalue weighted by Crippen LogP contribution is -2.50. The number of piperazine rings is 1. The van der Waals surface area contributed by atoms with E-state index in [1.54, 1.807) is 0 Å². The SMILES string of the molecule is Cc1cnc(N2CCN(C(=O)COc3cc(C)cc(C)c3)CC2)nc1. The Balaban J connectivity index is 1.50. The van der Waals surface area contributed by atoms with Crippen molar-refractivity contribution in [1.82, 2.24) is 14.9 Å². The van der Waals surface area contributed by atoms with Crippen molar-refractivity contribution in [2.45, 2.75) is 20.8 Å². The summed E-state index contributed by atoms with van der Waals surface area (Å²) in [6.45, 7) is 8.87. The molecule has 0 unspecified atom stereocenters. The van der Waals surface area contributed by atoms with E-state index in [4.69, 9.17) is 4.74 Å². The van der Waals surface area contributed by atoms with Gasteiger partial charge in [-0.1, -0.05) is 6.07 Å². The number of carbonyl (C=O) groups excluding carboxylic acids is 1. The smallest absolute Gasteiger partial charge is 0.260 e. The van der Waals surface area contributed by atoms with Gasteiger partial charge in [-0.05, 0) is 49.6 Å². The highest BCUT2D eigenvalue weighted by Crippen LogP contribution is 2.16. The molecule has 0 radical (unpaired) electrons. The maximum absolute atomic E-state index is 12.4. The number of amides is 1. The molecule has 1 saturated heterocycles. The molecule has 2 aromatic rings. The van der Waals surface area contributed by atoms with Crippen molar-refractivity contribution in [1.29, 1.82) is 0 Å². The van der Waals surface area contributed by atoms with Crippen LogP contribution in [0.3, 0.4) is 0 Å². The first-order chi connectivity index (χ1) is 12.0. The largest absolute Gasteiger partial charge is 0.484 e.